The number of carbonyl (C=O) groups is 1. The van der Waals surface area contributed by atoms with Crippen molar-refractivity contribution < 1.29 is 32.2 Å². The zero-order valence-electron chi connectivity index (χ0n) is 15.8. The number of aryl methyl sites for hydroxylation is 1. The summed E-state index contributed by atoms with van der Waals surface area (Å²) in [5.41, 5.74) is -0.928. The molecule has 1 aromatic heterocycles. The van der Waals surface area contributed by atoms with E-state index in [0.29, 0.717) is 5.69 Å². The molecule has 0 saturated carbocycles. The van der Waals surface area contributed by atoms with Gasteiger partial charge in [-0.2, -0.15) is 13.2 Å². The van der Waals surface area contributed by atoms with Crippen LogP contribution in [0.1, 0.15) is 27.3 Å². The number of halogens is 4. The van der Waals surface area contributed by atoms with E-state index >= 15 is 0 Å². The van der Waals surface area contributed by atoms with Gasteiger partial charge in [-0.25, -0.2) is 9.18 Å². The molecule has 8 heteroatoms. The Morgan fingerprint density at radius 1 is 1.10 bits per heavy atom. The average Bonchev–Trinajstić information content (AvgIpc) is 2.95. The summed E-state index contributed by atoms with van der Waals surface area (Å²) in [7, 11) is 1.30. The van der Waals surface area contributed by atoms with Crippen molar-refractivity contribution in [2.45, 2.75) is 20.0 Å². The Bertz CT molecular complexity index is 1100. The van der Waals surface area contributed by atoms with Crippen LogP contribution in [0.5, 0.6) is 5.75 Å². The van der Waals surface area contributed by atoms with Gasteiger partial charge in [-0.3, -0.25) is 0 Å². The zero-order chi connectivity index (χ0) is 21.5. The van der Waals surface area contributed by atoms with E-state index < -0.39 is 23.5 Å². The van der Waals surface area contributed by atoms with Crippen molar-refractivity contribution in [2.75, 3.05) is 7.11 Å². The average molecular weight is 407 g/mol. The van der Waals surface area contributed by atoms with E-state index in [1.807, 2.05) is 0 Å². The first-order valence-electron chi connectivity index (χ1n) is 8.53. The van der Waals surface area contributed by atoms with Gasteiger partial charge in [0.05, 0.1) is 29.5 Å². The van der Waals surface area contributed by atoms with Gasteiger partial charge in [0.25, 0.3) is 0 Å². The zero-order valence-corrected chi connectivity index (χ0v) is 15.8. The number of benzene rings is 2. The number of hydrogen-bond donors (Lipinski definition) is 1. The lowest BCUT2D eigenvalue weighted by Crippen LogP contribution is -2.13. The Morgan fingerprint density at radius 2 is 1.79 bits per heavy atom. The molecular formula is C21H17F4NO3. The third kappa shape index (κ3) is 3.57. The van der Waals surface area contributed by atoms with Crippen molar-refractivity contribution in [3.05, 3.63) is 70.8 Å². The Kier molecular flexibility index (Phi) is 5.13. The maximum Gasteiger partial charge on any atom is 0.418 e. The number of rotatable bonds is 4. The number of alkyl halides is 3. The summed E-state index contributed by atoms with van der Waals surface area (Å²) in [6, 6.07) is 8.70. The molecule has 1 heterocycles. The second-order valence-corrected chi connectivity index (χ2v) is 6.47. The lowest BCUT2D eigenvalue weighted by molar-refractivity contribution is -0.137. The van der Waals surface area contributed by atoms with Crippen molar-refractivity contribution in [3.63, 3.8) is 0 Å². The molecule has 152 valence electrons. The van der Waals surface area contributed by atoms with E-state index in [1.54, 1.807) is 0 Å². The van der Waals surface area contributed by atoms with Crippen LogP contribution < -0.4 is 4.74 Å². The highest BCUT2D eigenvalue weighted by Crippen LogP contribution is 2.40. The van der Waals surface area contributed by atoms with Gasteiger partial charge in [0, 0.05) is 11.4 Å². The van der Waals surface area contributed by atoms with Crippen LogP contribution in [0, 0.1) is 19.7 Å². The maximum absolute atomic E-state index is 14.4. The lowest BCUT2D eigenvalue weighted by Gasteiger charge is -2.19. The largest absolute Gasteiger partial charge is 0.496 e. The van der Waals surface area contributed by atoms with Crippen molar-refractivity contribution in [1.29, 1.82) is 0 Å². The van der Waals surface area contributed by atoms with Crippen molar-refractivity contribution >= 4 is 5.97 Å². The first kappa shape index (κ1) is 20.4. The molecule has 2 aromatic carbocycles. The molecule has 3 rings (SSSR count). The summed E-state index contributed by atoms with van der Waals surface area (Å²) >= 11 is 0. The predicted octanol–water partition coefficient (Wildman–Crippen LogP) is 5.63. The van der Waals surface area contributed by atoms with Crippen LogP contribution in [0.25, 0.3) is 16.8 Å². The Balaban J connectivity index is 2.30. The topological polar surface area (TPSA) is 51.5 Å². The van der Waals surface area contributed by atoms with E-state index in [1.165, 1.54) is 55.9 Å². The number of aromatic carboxylic acids is 1. The Hall–Kier alpha value is -3.29. The minimum atomic E-state index is -4.75. The van der Waals surface area contributed by atoms with Crippen LogP contribution in [0.2, 0.25) is 0 Å². The number of aromatic nitrogens is 1. The van der Waals surface area contributed by atoms with Crippen molar-refractivity contribution in [1.82, 2.24) is 4.57 Å². The van der Waals surface area contributed by atoms with Crippen LogP contribution in [0.3, 0.4) is 0 Å². The summed E-state index contributed by atoms with van der Waals surface area (Å²) in [5.74, 6) is -1.84. The van der Waals surface area contributed by atoms with Gasteiger partial charge in [-0.15, -0.1) is 0 Å². The predicted molar refractivity (Wildman–Crippen MR) is 99.2 cm³/mol. The third-order valence-electron chi connectivity index (χ3n) is 4.69. The van der Waals surface area contributed by atoms with Crippen molar-refractivity contribution in [2.24, 2.45) is 0 Å². The molecule has 4 nitrogen and oxygen atoms in total. The normalized spacial score (nSPS) is 11.6. The van der Waals surface area contributed by atoms with Gasteiger partial charge >= 0.3 is 12.1 Å². The molecule has 3 aromatic rings. The molecular weight excluding hydrogens is 390 g/mol. The lowest BCUT2D eigenvalue weighted by atomic mass is 9.99. The molecule has 1 N–H and O–H groups in total. The smallest absolute Gasteiger partial charge is 0.418 e. The minimum Gasteiger partial charge on any atom is -0.496 e. The van der Waals surface area contributed by atoms with Crippen LogP contribution in [-0.2, 0) is 6.18 Å². The molecule has 0 bridgehead atoms. The van der Waals surface area contributed by atoms with E-state index in [2.05, 4.69) is 0 Å². The van der Waals surface area contributed by atoms with E-state index in [0.717, 1.165) is 12.1 Å². The highest BCUT2D eigenvalue weighted by Gasteiger charge is 2.35. The summed E-state index contributed by atoms with van der Waals surface area (Å²) < 4.78 is 62.4. The summed E-state index contributed by atoms with van der Waals surface area (Å²) in [6.45, 7) is 2.96. The highest BCUT2D eigenvalue weighted by atomic mass is 19.4. The molecule has 0 amide bonds. The minimum absolute atomic E-state index is 0.00283. The molecule has 0 aliphatic heterocycles. The number of methoxy groups -OCH3 is 1. The molecule has 0 fully saturated rings. The van der Waals surface area contributed by atoms with E-state index in [4.69, 9.17) is 4.74 Å². The summed E-state index contributed by atoms with van der Waals surface area (Å²) in [6.07, 6.45) is -4.75. The summed E-state index contributed by atoms with van der Waals surface area (Å²) in [4.78, 5) is 11.4. The molecule has 0 radical (unpaired) electrons. The fourth-order valence-electron chi connectivity index (χ4n) is 3.42. The second kappa shape index (κ2) is 7.27. The standard InChI is InChI=1S/C21H17F4NO3/c1-11-9-14(20(27)28)12(2)26(11)17-8-7-13(10-15(17)21(23,24)25)19-16(22)5-4-6-18(19)29-3/h4-10H,1-3H3,(H,27,28). The SMILES string of the molecule is COc1cccc(F)c1-c1ccc(-n2c(C)cc(C(=O)O)c2C)c(C(F)(F)F)c1. The molecule has 0 unspecified atom stereocenters. The van der Waals surface area contributed by atoms with Gasteiger partial charge in [-0.1, -0.05) is 12.1 Å². The van der Waals surface area contributed by atoms with Crippen LogP contribution >= 0.6 is 0 Å². The Labute approximate surface area is 164 Å². The number of hydrogen-bond acceptors (Lipinski definition) is 2. The number of carboxylic acids is 1. The van der Waals surface area contributed by atoms with Gasteiger partial charge in [-0.05, 0) is 49.7 Å². The molecule has 0 atom stereocenters. The van der Waals surface area contributed by atoms with Gasteiger partial charge in [0.15, 0.2) is 0 Å². The van der Waals surface area contributed by atoms with E-state index in [-0.39, 0.29) is 33.8 Å². The monoisotopic (exact) mass is 407 g/mol. The van der Waals surface area contributed by atoms with Gasteiger partial charge in [0.1, 0.15) is 11.6 Å². The van der Waals surface area contributed by atoms with Crippen LogP contribution in [0.15, 0.2) is 42.5 Å². The van der Waals surface area contributed by atoms with Gasteiger partial charge < -0.3 is 14.4 Å². The van der Waals surface area contributed by atoms with Crippen LogP contribution in [0.4, 0.5) is 17.6 Å². The van der Waals surface area contributed by atoms with Crippen LogP contribution in [-0.4, -0.2) is 22.8 Å². The molecule has 0 aliphatic rings. The molecule has 0 spiro atoms. The fraction of sp³-hybridized carbons (Fsp3) is 0.190. The third-order valence-corrected chi connectivity index (χ3v) is 4.69. The number of nitrogens with zero attached hydrogens (tertiary/aromatic N) is 1. The molecule has 29 heavy (non-hydrogen) atoms. The molecule has 0 saturated heterocycles. The quantitative estimate of drug-likeness (QED) is 0.571. The number of ether oxygens (including phenoxy) is 1. The highest BCUT2D eigenvalue weighted by molar-refractivity contribution is 5.89. The van der Waals surface area contributed by atoms with Crippen molar-refractivity contribution in [3.8, 4) is 22.6 Å². The Morgan fingerprint density at radius 3 is 2.34 bits per heavy atom. The summed E-state index contributed by atoms with van der Waals surface area (Å²) in [5, 5.41) is 9.27. The second-order valence-electron chi connectivity index (χ2n) is 6.47. The first-order chi connectivity index (χ1) is 13.6. The molecule has 0 aliphatic carbocycles. The van der Waals surface area contributed by atoms with Gasteiger partial charge in [0.2, 0.25) is 0 Å². The maximum atomic E-state index is 14.4. The first-order valence-corrected chi connectivity index (χ1v) is 8.53. The fourth-order valence-corrected chi connectivity index (χ4v) is 3.42. The van der Waals surface area contributed by atoms with E-state index in [9.17, 15) is 27.5 Å². The number of carboxylic acid groups (broad SMARTS) is 1.